The maximum atomic E-state index is 13.1. The van der Waals surface area contributed by atoms with E-state index in [0.29, 0.717) is 5.69 Å². The molecule has 0 spiro atoms. The highest BCUT2D eigenvalue weighted by Gasteiger charge is 1.96. The van der Waals surface area contributed by atoms with E-state index in [2.05, 4.69) is 4.99 Å². The maximum Gasteiger partial charge on any atom is 0.148 e. The van der Waals surface area contributed by atoms with Gasteiger partial charge in [0.25, 0.3) is 0 Å². The zero-order valence-electron chi connectivity index (χ0n) is 8.07. The molecule has 0 amide bonds. The third kappa shape index (κ3) is 2.69. The van der Waals surface area contributed by atoms with Gasteiger partial charge < -0.3 is 5.73 Å². The molecule has 0 unspecified atom stereocenters. The molecule has 0 heterocycles. The van der Waals surface area contributed by atoms with Crippen LogP contribution in [0.4, 0.5) is 10.1 Å². The first-order chi connectivity index (χ1) is 6.77. The molecule has 0 aliphatic heterocycles. The number of hydrogen-bond donors (Lipinski definition) is 1. The number of hydrogen-bond acceptors (Lipinski definition) is 2. The van der Waals surface area contributed by atoms with Crippen LogP contribution in [0.1, 0.15) is 13.3 Å². The van der Waals surface area contributed by atoms with Crippen LogP contribution in [0.15, 0.2) is 41.0 Å². The lowest BCUT2D eigenvalue weighted by molar-refractivity contribution is 0.630. The third-order valence-corrected chi connectivity index (χ3v) is 1.84. The highest BCUT2D eigenvalue weighted by Crippen LogP contribution is 2.16. The smallest absolute Gasteiger partial charge is 0.148 e. The number of allylic oxidation sites excluding steroid dienone is 1. The van der Waals surface area contributed by atoms with E-state index in [1.165, 1.54) is 12.3 Å². The highest BCUT2D eigenvalue weighted by molar-refractivity contribution is 5.80. The minimum absolute atomic E-state index is 0.323. The van der Waals surface area contributed by atoms with Crippen LogP contribution in [0.3, 0.4) is 0 Å². The van der Waals surface area contributed by atoms with Crippen LogP contribution < -0.4 is 5.73 Å². The van der Waals surface area contributed by atoms with E-state index in [1.807, 2.05) is 6.92 Å². The number of rotatable bonds is 3. The number of para-hydroxylation sites is 1. The second-order valence-electron chi connectivity index (χ2n) is 2.80. The van der Waals surface area contributed by atoms with E-state index in [9.17, 15) is 4.39 Å². The molecular formula is C11H13FN2. The summed E-state index contributed by atoms with van der Waals surface area (Å²) in [4.78, 5) is 4.00. The normalized spacial score (nSPS) is 12.3. The zero-order chi connectivity index (χ0) is 10.4. The Morgan fingerprint density at radius 1 is 1.50 bits per heavy atom. The van der Waals surface area contributed by atoms with Crippen molar-refractivity contribution in [1.29, 1.82) is 0 Å². The zero-order valence-corrected chi connectivity index (χ0v) is 8.07. The summed E-state index contributed by atoms with van der Waals surface area (Å²) in [6, 6.07) is 6.38. The first kappa shape index (κ1) is 10.4. The van der Waals surface area contributed by atoms with E-state index < -0.39 is 0 Å². The minimum atomic E-state index is -0.323. The third-order valence-electron chi connectivity index (χ3n) is 1.84. The van der Waals surface area contributed by atoms with Crippen molar-refractivity contribution in [2.75, 3.05) is 0 Å². The van der Waals surface area contributed by atoms with Crippen molar-refractivity contribution >= 4 is 11.9 Å². The SMILES string of the molecule is CCC(C=Nc1ccccc1F)=CN. The molecule has 14 heavy (non-hydrogen) atoms. The van der Waals surface area contributed by atoms with Gasteiger partial charge >= 0.3 is 0 Å². The van der Waals surface area contributed by atoms with Gasteiger partial charge in [0.15, 0.2) is 0 Å². The maximum absolute atomic E-state index is 13.1. The Balaban J connectivity index is 2.83. The summed E-state index contributed by atoms with van der Waals surface area (Å²) < 4.78 is 13.1. The van der Waals surface area contributed by atoms with Crippen molar-refractivity contribution in [3.63, 3.8) is 0 Å². The minimum Gasteiger partial charge on any atom is -0.404 e. The number of nitrogens with two attached hydrogens (primary N) is 1. The Morgan fingerprint density at radius 2 is 2.21 bits per heavy atom. The van der Waals surface area contributed by atoms with Crippen LogP contribution in [-0.2, 0) is 0 Å². The summed E-state index contributed by atoms with van der Waals surface area (Å²) >= 11 is 0. The van der Waals surface area contributed by atoms with E-state index in [-0.39, 0.29) is 5.82 Å². The number of aliphatic imine (C=N–C) groups is 1. The fourth-order valence-corrected chi connectivity index (χ4v) is 0.961. The molecule has 0 aliphatic rings. The summed E-state index contributed by atoms with van der Waals surface area (Å²) in [5, 5.41) is 0. The Morgan fingerprint density at radius 3 is 2.79 bits per heavy atom. The molecule has 3 heteroatoms. The monoisotopic (exact) mass is 192 g/mol. The van der Waals surface area contributed by atoms with Gasteiger partial charge in [-0.2, -0.15) is 0 Å². The van der Waals surface area contributed by atoms with Crippen LogP contribution in [0.5, 0.6) is 0 Å². The van der Waals surface area contributed by atoms with E-state index >= 15 is 0 Å². The van der Waals surface area contributed by atoms with Gasteiger partial charge in [-0.15, -0.1) is 0 Å². The topological polar surface area (TPSA) is 38.4 Å². The van der Waals surface area contributed by atoms with Crippen LogP contribution in [-0.4, -0.2) is 6.21 Å². The fourth-order valence-electron chi connectivity index (χ4n) is 0.961. The van der Waals surface area contributed by atoms with Gasteiger partial charge in [0, 0.05) is 6.21 Å². The fraction of sp³-hybridized carbons (Fsp3) is 0.182. The van der Waals surface area contributed by atoms with Gasteiger partial charge in [0.1, 0.15) is 5.82 Å². The molecule has 0 fully saturated rings. The molecule has 2 N–H and O–H groups in total. The molecule has 0 bridgehead atoms. The summed E-state index contributed by atoms with van der Waals surface area (Å²) in [6.45, 7) is 1.96. The van der Waals surface area contributed by atoms with Crippen LogP contribution >= 0.6 is 0 Å². The molecule has 0 saturated heterocycles. The molecule has 0 aliphatic carbocycles. The number of nitrogens with zero attached hydrogens (tertiary/aromatic N) is 1. The average molecular weight is 192 g/mol. The second kappa shape index (κ2) is 5.17. The standard InChI is InChI=1S/C11H13FN2/c1-2-9(7-13)8-14-11-6-4-3-5-10(11)12/h3-8H,2,13H2,1H3. The molecule has 0 radical (unpaired) electrons. The van der Waals surface area contributed by atoms with Crippen LogP contribution in [0, 0.1) is 5.82 Å². The highest BCUT2D eigenvalue weighted by atomic mass is 19.1. The van der Waals surface area contributed by atoms with Crippen molar-refractivity contribution in [2.24, 2.45) is 10.7 Å². The lowest BCUT2D eigenvalue weighted by Crippen LogP contribution is -1.88. The Labute approximate surface area is 83.0 Å². The van der Waals surface area contributed by atoms with Gasteiger partial charge in [-0.05, 0) is 30.3 Å². The first-order valence-corrected chi connectivity index (χ1v) is 4.47. The van der Waals surface area contributed by atoms with Crippen molar-refractivity contribution in [2.45, 2.75) is 13.3 Å². The molecule has 74 valence electrons. The molecule has 0 saturated carbocycles. The predicted molar refractivity (Wildman–Crippen MR) is 57.1 cm³/mol. The van der Waals surface area contributed by atoms with Crippen molar-refractivity contribution in [1.82, 2.24) is 0 Å². The predicted octanol–water partition coefficient (Wildman–Crippen LogP) is 2.78. The Kier molecular flexibility index (Phi) is 3.85. The largest absolute Gasteiger partial charge is 0.404 e. The molecule has 2 nitrogen and oxygen atoms in total. The van der Waals surface area contributed by atoms with Gasteiger partial charge in [0.05, 0.1) is 5.69 Å². The van der Waals surface area contributed by atoms with Gasteiger partial charge in [-0.3, -0.25) is 4.99 Å². The number of halogens is 1. The van der Waals surface area contributed by atoms with Crippen molar-refractivity contribution < 1.29 is 4.39 Å². The lowest BCUT2D eigenvalue weighted by atomic mass is 10.2. The molecule has 0 aromatic heterocycles. The average Bonchev–Trinajstić information content (AvgIpc) is 2.22. The molecule has 0 atom stereocenters. The molecular weight excluding hydrogens is 179 g/mol. The van der Waals surface area contributed by atoms with Crippen molar-refractivity contribution in [3.05, 3.63) is 41.9 Å². The molecule has 1 aromatic carbocycles. The summed E-state index contributed by atoms with van der Waals surface area (Å²) in [6.07, 6.45) is 3.84. The summed E-state index contributed by atoms with van der Waals surface area (Å²) in [5.41, 5.74) is 6.55. The van der Waals surface area contributed by atoms with E-state index in [1.54, 1.807) is 24.4 Å². The van der Waals surface area contributed by atoms with E-state index in [4.69, 9.17) is 5.73 Å². The van der Waals surface area contributed by atoms with Crippen molar-refractivity contribution in [3.8, 4) is 0 Å². The number of benzene rings is 1. The Bertz CT molecular complexity index is 356. The first-order valence-electron chi connectivity index (χ1n) is 4.47. The summed E-state index contributed by atoms with van der Waals surface area (Å²) in [7, 11) is 0. The van der Waals surface area contributed by atoms with Crippen LogP contribution in [0.2, 0.25) is 0 Å². The molecule has 1 aromatic rings. The second-order valence-corrected chi connectivity index (χ2v) is 2.80. The quantitative estimate of drug-likeness (QED) is 0.735. The lowest BCUT2D eigenvalue weighted by Gasteiger charge is -1.96. The van der Waals surface area contributed by atoms with Gasteiger partial charge in [-0.1, -0.05) is 19.1 Å². The summed E-state index contributed by atoms with van der Waals surface area (Å²) in [5.74, 6) is -0.323. The van der Waals surface area contributed by atoms with Gasteiger partial charge in [-0.25, -0.2) is 4.39 Å². The van der Waals surface area contributed by atoms with E-state index in [0.717, 1.165) is 12.0 Å². The van der Waals surface area contributed by atoms with Gasteiger partial charge in [0.2, 0.25) is 0 Å². The Hall–Kier alpha value is -1.64. The molecule has 1 rings (SSSR count). The van der Waals surface area contributed by atoms with Crippen LogP contribution in [0.25, 0.3) is 0 Å².